The van der Waals surface area contributed by atoms with Crippen LogP contribution in [0.25, 0.3) is 11.0 Å². The van der Waals surface area contributed by atoms with E-state index in [9.17, 15) is 0 Å². The summed E-state index contributed by atoms with van der Waals surface area (Å²) in [5.74, 6) is 1.36. The Balaban J connectivity index is 2.34. The van der Waals surface area contributed by atoms with Crippen LogP contribution in [0.2, 0.25) is 0 Å². The fourth-order valence-corrected chi connectivity index (χ4v) is 1.51. The van der Waals surface area contributed by atoms with Gasteiger partial charge in [0, 0.05) is 18.9 Å². The summed E-state index contributed by atoms with van der Waals surface area (Å²) in [6.07, 6.45) is 3.46. The van der Waals surface area contributed by atoms with E-state index in [2.05, 4.69) is 25.3 Å². The number of hydrogen-bond donors (Lipinski definition) is 4. The first kappa shape index (κ1) is 11.9. The standard InChI is InChI=1S/C11H15N7/c1-6(12)5-8(14-2)16-11-17-9(13)7-3-4-15-10(7)18-11/h3-5H,12H2,1-2H3,(H4,13,14,15,16,17,18). The van der Waals surface area contributed by atoms with Crippen LogP contribution in [0.3, 0.4) is 0 Å². The van der Waals surface area contributed by atoms with Gasteiger partial charge in [0.15, 0.2) is 0 Å². The van der Waals surface area contributed by atoms with Crippen molar-refractivity contribution in [1.29, 1.82) is 0 Å². The Morgan fingerprint density at radius 3 is 2.94 bits per heavy atom. The Labute approximate surface area is 104 Å². The van der Waals surface area contributed by atoms with Gasteiger partial charge < -0.3 is 21.8 Å². The number of nitrogen functional groups attached to an aromatic ring is 1. The van der Waals surface area contributed by atoms with E-state index in [1.807, 2.05) is 6.07 Å². The minimum absolute atomic E-state index is 0.376. The molecule has 0 atom stereocenters. The number of nitrogens with zero attached hydrogens (tertiary/aromatic N) is 3. The molecule has 0 aliphatic carbocycles. The monoisotopic (exact) mass is 245 g/mol. The zero-order valence-corrected chi connectivity index (χ0v) is 10.2. The molecule has 0 bridgehead atoms. The third-order valence-corrected chi connectivity index (χ3v) is 2.29. The molecule has 2 heterocycles. The Hall–Kier alpha value is -2.57. The maximum Gasteiger partial charge on any atom is 0.232 e. The highest BCUT2D eigenvalue weighted by molar-refractivity contribution is 6.03. The van der Waals surface area contributed by atoms with E-state index in [4.69, 9.17) is 11.5 Å². The van der Waals surface area contributed by atoms with Crippen LogP contribution >= 0.6 is 0 Å². The Morgan fingerprint density at radius 2 is 2.28 bits per heavy atom. The average molecular weight is 245 g/mol. The number of amidine groups is 1. The van der Waals surface area contributed by atoms with Crippen molar-refractivity contribution in [2.24, 2.45) is 10.7 Å². The van der Waals surface area contributed by atoms with Gasteiger partial charge in [-0.15, -0.1) is 0 Å². The summed E-state index contributed by atoms with van der Waals surface area (Å²) in [6.45, 7) is 1.77. The van der Waals surface area contributed by atoms with Crippen LogP contribution in [-0.4, -0.2) is 27.8 Å². The molecule has 7 heteroatoms. The molecule has 0 aliphatic rings. The molecule has 2 aromatic rings. The van der Waals surface area contributed by atoms with Crippen molar-refractivity contribution in [2.75, 3.05) is 18.1 Å². The SMILES string of the molecule is CN=C(C=C(C)N)Nc1nc(N)c2cc[nH]c2n1. The number of anilines is 2. The largest absolute Gasteiger partial charge is 0.402 e. The molecule has 0 amide bonds. The van der Waals surface area contributed by atoms with Crippen molar-refractivity contribution in [3.8, 4) is 0 Å². The van der Waals surface area contributed by atoms with Gasteiger partial charge in [0.05, 0.1) is 5.39 Å². The minimum atomic E-state index is 0.376. The van der Waals surface area contributed by atoms with Crippen LogP contribution in [0.15, 0.2) is 29.0 Å². The van der Waals surface area contributed by atoms with Crippen LogP contribution in [0.1, 0.15) is 6.92 Å². The number of aromatic amines is 1. The number of aliphatic imine (C=N–C) groups is 1. The van der Waals surface area contributed by atoms with E-state index in [0.29, 0.717) is 28.9 Å². The van der Waals surface area contributed by atoms with Crippen molar-refractivity contribution < 1.29 is 0 Å². The fraction of sp³-hybridized carbons (Fsp3) is 0.182. The summed E-state index contributed by atoms with van der Waals surface area (Å²) in [4.78, 5) is 15.5. The zero-order valence-electron chi connectivity index (χ0n) is 10.2. The van der Waals surface area contributed by atoms with Gasteiger partial charge in [-0.25, -0.2) is 0 Å². The molecule has 0 aliphatic heterocycles. The number of hydrogen-bond acceptors (Lipinski definition) is 5. The van der Waals surface area contributed by atoms with Crippen LogP contribution < -0.4 is 16.8 Å². The lowest BCUT2D eigenvalue weighted by Gasteiger charge is -2.05. The van der Waals surface area contributed by atoms with Crippen LogP contribution in [0, 0.1) is 0 Å². The van der Waals surface area contributed by atoms with Crippen molar-refractivity contribution in [3.63, 3.8) is 0 Å². The number of H-pyrrole nitrogens is 1. The second-order valence-corrected chi connectivity index (χ2v) is 3.79. The molecule has 0 spiro atoms. The fourth-order valence-electron chi connectivity index (χ4n) is 1.51. The second-order valence-electron chi connectivity index (χ2n) is 3.79. The molecule has 7 nitrogen and oxygen atoms in total. The molecule has 0 unspecified atom stereocenters. The first-order chi connectivity index (χ1) is 8.60. The summed E-state index contributed by atoms with van der Waals surface area (Å²) in [5.41, 5.74) is 12.7. The quantitative estimate of drug-likeness (QED) is 0.462. The molecular weight excluding hydrogens is 230 g/mol. The van der Waals surface area contributed by atoms with Crippen LogP contribution in [-0.2, 0) is 0 Å². The number of rotatable bonds is 2. The topological polar surface area (TPSA) is 118 Å². The van der Waals surface area contributed by atoms with Gasteiger partial charge >= 0.3 is 0 Å². The number of nitrogens with two attached hydrogens (primary N) is 2. The molecule has 0 aromatic carbocycles. The van der Waals surface area contributed by atoms with E-state index < -0.39 is 0 Å². The number of allylic oxidation sites excluding steroid dienone is 1. The molecule has 2 rings (SSSR count). The van der Waals surface area contributed by atoms with E-state index in [1.54, 1.807) is 26.2 Å². The number of aromatic nitrogens is 3. The van der Waals surface area contributed by atoms with Crippen molar-refractivity contribution in [3.05, 3.63) is 24.0 Å². The smallest absolute Gasteiger partial charge is 0.232 e. The predicted molar refractivity (Wildman–Crippen MR) is 73.2 cm³/mol. The molecule has 6 N–H and O–H groups in total. The van der Waals surface area contributed by atoms with Gasteiger partial charge in [-0.1, -0.05) is 0 Å². The summed E-state index contributed by atoms with van der Waals surface area (Å²) in [7, 11) is 1.65. The van der Waals surface area contributed by atoms with E-state index in [0.717, 1.165) is 5.39 Å². The van der Waals surface area contributed by atoms with E-state index >= 15 is 0 Å². The molecule has 0 saturated heterocycles. The first-order valence-corrected chi connectivity index (χ1v) is 5.38. The summed E-state index contributed by atoms with van der Waals surface area (Å²) in [6, 6.07) is 1.83. The number of fused-ring (bicyclic) bond motifs is 1. The number of nitrogens with one attached hydrogen (secondary N) is 2. The third-order valence-electron chi connectivity index (χ3n) is 2.29. The van der Waals surface area contributed by atoms with Gasteiger partial charge in [0.2, 0.25) is 5.95 Å². The van der Waals surface area contributed by atoms with Gasteiger partial charge in [-0.05, 0) is 19.1 Å². The van der Waals surface area contributed by atoms with E-state index in [-0.39, 0.29) is 0 Å². The molecule has 0 fully saturated rings. The maximum atomic E-state index is 5.83. The summed E-state index contributed by atoms with van der Waals surface area (Å²) in [5, 5.41) is 3.75. The average Bonchev–Trinajstić information content (AvgIpc) is 2.76. The van der Waals surface area contributed by atoms with Gasteiger partial charge in [-0.2, -0.15) is 9.97 Å². The lowest BCUT2D eigenvalue weighted by molar-refractivity contribution is 1.20. The highest BCUT2D eigenvalue weighted by atomic mass is 15.2. The first-order valence-electron chi connectivity index (χ1n) is 5.38. The lowest BCUT2D eigenvalue weighted by atomic mass is 10.4. The maximum absolute atomic E-state index is 5.83. The minimum Gasteiger partial charge on any atom is -0.402 e. The Morgan fingerprint density at radius 1 is 1.50 bits per heavy atom. The van der Waals surface area contributed by atoms with Gasteiger partial charge in [0.1, 0.15) is 17.3 Å². The van der Waals surface area contributed by atoms with E-state index in [1.165, 1.54) is 0 Å². The zero-order chi connectivity index (χ0) is 13.1. The summed E-state index contributed by atoms with van der Waals surface area (Å²) < 4.78 is 0. The van der Waals surface area contributed by atoms with Gasteiger partial charge in [-0.3, -0.25) is 4.99 Å². The predicted octanol–water partition coefficient (Wildman–Crippen LogP) is 0.843. The molecule has 0 saturated carbocycles. The normalized spacial score (nSPS) is 13.0. The summed E-state index contributed by atoms with van der Waals surface area (Å²) >= 11 is 0. The molecular formula is C11H15N7. The molecule has 18 heavy (non-hydrogen) atoms. The van der Waals surface area contributed by atoms with Gasteiger partial charge in [0.25, 0.3) is 0 Å². The van der Waals surface area contributed by atoms with Crippen LogP contribution in [0.4, 0.5) is 11.8 Å². The van der Waals surface area contributed by atoms with Crippen molar-refractivity contribution in [1.82, 2.24) is 15.0 Å². The van der Waals surface area contributed by atoms with Crippen LogP contribution in [0.5, 0.6) is 0 Å². The highest BCUT2D eigenvalue weighted by Crippen LogP contribution is 2.17. The van der Waals surface area contributed by atoms with Crippen molar-refractivity contribution >= 4 is 28.6 Å². The Kier molecular flexibility index (Phi) is 3.13. The lowest BCUT2D eigenvalue weighted by Crippen LogP contribution is -2.14. The van der Waals surface area contributed by atoms with Crippen molar-refractivity contribution in [2.45, 2.75) is 6.92 Å². The molecule has 94 valence electrons. The third kappa shape index (κ3) is 2.40. The molecule has 0 radical (unpaired) electrons. The Bertz CT molecular complexity index is 619. The molecule has 2 aromatic heterocycles. The highest BCUT2D eigenvalue weighted by Gasteiger charge is 2.06. The second kappa shape index (κ2) is 4.74.